The number of amides is 1. The van der Waals surface area contributed by atoms with Crippen LogP contribution in [0, 0.1) is 11.6 Å². The summed E-state index contributed by atoms with van der Waals surface area (Å²) in [5.41, 5.74) is 2.51. The van der Waals surface area contributed by atoms with E-state index in [0.29, 0.717) is 16.8 Å². The molecular formula is C20H17F2N3O. The molecule has 132 valence electrons. The third-order valence-electron chi connectivity index (χ3n) is 3.91. The van der Waals surface area contributed by atoms with Gasteiger partial charge >= 0.3 is 0 Å². The number of allylic oxidation sites excluding steroid dienone is 1. The lowest BCUT2D eigenvalue weighted by atomic mass is 10.1. The van der Waals surface area contributed by atoms with E-state index in [1.54, 1.807) is 48.1 Å². The van der Waals surface area contributed by atoms with Gasteiger partial charge in [0.05, 0.1) is 12.0 Å². The van der Waals surface area contributed by atoms with Crippen molar-refractivity contribution in [3.05, 3.63) is 90.0 Å². The van der Waals surface area contributed by atoms with E-state index < -0.39 is 5.82 Å². The van der Waals surface area contributed by atoms with Crippen molar-refractivity contribution in [2.75, 3.05) is 0 Å². The van der Waals surface area contributed by atoms with Crippen LogP contribution in [-0.4, -0.2) is 15.5 Å². The van der Waals surface area contributed by atoms with Gasteiger partial charge in [0.1, 0.15) is 11.6 Å². The highest BCUT2D eigenvalue weighted by atomic mass is 19.1. The van der Waals surface area contributed by atoms with Crippen molar-refractivity contribution >= 4 is 11.5 Å². The van der Waals surface area contributed by atoms with Gasteiger partial charge in [0.25, 0.3) is 0 Å². The summed E-state index contributed by atoms with van der Waals surface area (Å²) in [6, 6.07) is 10.7. The lowest BCUT2D eigenvalue weighted by Gasteiger charge is -2.08. The molecule has 2 aromatic carbocycles. The number of imidazole rings is 1. The van der Waals surface area contributed by atoms with Crippen LogP contribution in [0.25, 0.3) is 11.3 Å². The Balaban J connectivity index is 1.63. The first-order valence-electron chi connectivity index (χ1n) is 8.02. The minimum Gasteiger partial charge on any atom is -0.348 e. The highest BCUT2D eigenvalue weighted by molar-refractivity contribution is 5.94. The lowest BCUT2D eigenvalue weighted by Crippen LogP contribution is -2.20. The molecule has 0 bridgehead atoms. The minimum atomic E-state index is -0.396. The quantitative estimate of drug-likeness (QED) is 0.708. The number of nitrogens with zero attached hydrogens (tertiary/aromatic N) is 2. The van der Waals surface area contributed by atoms with Gasteiger partial charge in [-0.1, -0.05) is 18.2 Å². The van der Waals surface area contributed by atoms with Crippen LogP contribution in [0.1, 0.15) is 18.1 Å². The number of nitrogens with one attached hydrogen (secondary N) is 1. The van der Waals surface area contributed by atoms with Crippen molar-refractivity contribution in [2.45, 2.75) is 13.5 Å². The number of rotatable bonds is 5. The van der Waals surface area contributed by atoms with E-state index in [0.717, 1.165) is 5.56 Å². The molecule has 4 nitrogen and oxygen atoms in total. The van der Waals surface area contributed by atoms with Crippen LogP contribution >= 0.6 is 0 Å². The average Bonchev–Trinajstić information content (AvgIpc) is 3.15. The molecule has 0 spiro atoms. The number of carbonyl (C=O) groups is 1. The van der Waals surface area contributed by atoms with Crippen molar-refractivity contribution in [3.63, 3.8) is 0 Å². The van der Waals surface area contributed by atoms with Crippen LogP contribution < -0.4 is 5.32 Å². The molecule has 1 aromatic heterocycles. The number of hydrogen-bond donors (Lipinski definition) is 1. The fourth-order valence-electron chi connectivity index (χ4n) is 2.50. The van der Waals surface area contributed by atoms with E-state index >= 15 is 0 Å². The second-order valence-electron chi connectivity index (χ2n) is 5.81. The van der Waals surface area contributed by atoms with E-state index in [2.05, 4.69) is 10.3 Å². The molecule has 0 atom stereocenters. The molecule has 0 saturated heterocycles. The standard InChI is InChI=1S/C20H17F2N3O/c1-14(16-3-5-17(21)6-4-16)10-20(26)24-12-15-2-7-19(18(22)11-15)25-9-8-23-13-25/h2-11,13H,12H2,1H3,(H,24,26)/b14-10+. The van der Waals surface area contributed by atoms with Crippen molar-refractivity contribution in [1.29, 1.82) is 0 Å². The summed E-state index contributed by atoms with van der Waals surface area (Å²) in [5, 5.41) is 2.72. The van der Waals surface area contributed by atoms with Crippen LogP contribution in [0.5, 0.6) is 0 Å². The zero-order valence-electron chi connectivity index (χ0n) is 14.1. The number of halogens is 2. The Morgan fingerprint density at radius 1 is 1.19 bits per heavy atom. The molecule has 0 unspecified atom stereocenters. The Labute approximate surface area is 149 Å². The third kappa shape index (κ3) is 4.22. The second-order valence-corrected chi connectivity index (χ2v) is 5.81. The fraction of sp³-hybridized carbons (Fsp3) is 0.100. The highest BCUT2D eigenvalue weighted by Crippen LogP contribution is 2.16. The van der Waals surface area contributed by atoms with Gasteiger partial charge in [-0.2, -0.15) is 0 Å². The molecule has 26 heavy (non-hydrogen) atoms. The van der Waals surface area contributed by atoms with Crippen molar-refractivity contribution in [1.82, 2.24) is 14.9 Å². The Bertz CT molecular complexity index is 932. The SMILES string of the molecule is C/C(=C\C(=O)NCc1ccc(-n2ccnc2)c(F)c1)c1ccc(F)cc1. The second kappa shape index (κ2) is 7.74. The number of aromatic nitrogens is 2. The zero-order valence-corrected chi connectivity index (χ0v) is 14.1. The zero-order chi connectivity index (χ0) is 18.5. The first kappa shape index (κ1) is 17.5. The number of carbonyl (C=O) groups excluding carboxylic acids is 1. The largest absolute Gasteiger partial charge is 0.348 e. The maximum absolute atomic E-state index is 14.2. The molecule has 0 fully saturated rings. The Morgan fingerprint density at radius 3 is 2.62 bits per heavy atom. The minimum absolute atomic E-state index is 0.202. The molecule has 1 N–H and O–H groups in total. The van der Waals surface area contributed by atoms with Crippen LogP contribution in [0.15, 0.2) is 67.3 Å². The lowest BCUT2D eigenvalue weighted by molar-refractivity contribution is -0.116. The molecule has 1 amide bonds. The third-order valence-corrected chi connectivity index (χ3v) is 3.91. The topological polar surface area (TPSA) is 46.9 Å². The Hall–Kier alpha value is -3.28. The summed E-state index contributed by atoms with van der Waals surface area (Å²) in [7, 11) is 0. The van der Waals surface area contributed by atoms with Gasteiger partial charge in [-0.15, -0.1) is 0 Å². The van der Waals surface area contributed by atoms with Gasteiger partial charge in [0.2, 0.25) is 5.91 Å². The van der Waals surface area contributed by atoms with Crippen LogP contribution in [0.3, 0.4) is 0 Å². The Kier molecular flexibility index (Phi) is 5.22. The molecule has 0 aliphatic heterocycles. The van der Waals surface area contributed by atoms with Crippen LogP contribution in [0.4, 0.5) is 8.78 Å². The molecule has 0 radical (unpaired) electrons. The molecule has 1 heterocycles. The maximum atomic E-state index is 14.2. The Morgan fingerprint density at radius 2 is 1.96 bits per heavy atom. The van der Waals surface area contributed by atoms with Gasteiger partial charge in [-0.25, -0.2) is 13.8 Å². The van der Waals surface area contributed by atoms with Crippen LogP contribution in [-0.2, 0) is 11.3 Å². The summed E-state index contributed by atoms with van der Waals surface area (Å²) >= 11 is 0. The summed E-state index contributed by atoms with van der Waals surface area (Å²) < 4.78 is 28.7. The highest BCUT2D eigenvalue weighted by Gasteiger charge is 2.06. The van der Waals surface area contributed by atoms with E-state index in [-0.39, 0.29) is 18.3 Å². The van der Waals surface area contributed by atoms with Gasteiger partial charge in [0, 0.05) is 25.0 Å². The van der Waals surface area contributed by atoms with Gasteiger partial charge in [-0.3, -0.25) is 4.79 Å². The summed E-state index contributed by atoms with van der Waals surface area (Å²) in [4.78, 5) is 15.9. The molecule has 6 heteroatoms. The van der Waals surface area contributed by atoms with Crippen molar-refractivity contribution < 1.29 is 13.6 Å². The van der Waals surface area contributed by atoms with Gasteiger partial charge < -0.3 is 9.88 Å². The van der Waals surface area contributed by atoms with Gasteiger partial charge in [-0.05, 0) is 47.9 Å². The predicted molar refractivity (Wildman–Crippen MR) is 95.4 cm³/mol. The van der Waals surface area contributed by atoms with Gasteiger partial charge in [0.15, 0.2) is 0 Å². The van der Waals surface area contributed by atoms with E-state index in [9.17, 15) is 13.6 Å². The monoisotopic (exact) mass is 353 g/mol. The van der Waals surface area contributed by atoms with E-state index in [4.69, 9.17) is 0 Å². The summed E-state index contributed by atoms with van der Waals surface area (Å²) in [6.45, 7) is 1.97. The fourth-order valence-corrected chi connectivity index (χ4v) is 2.50. The number of benzene rings is 2. The number of hydrogen-bond acceptors (Lipinski definition) is 2. The van der Waals surface area contributed by atoms with Crippen molar-refractivity contribution in [3.8, 4) is 5.69 Å². The average molecular weight is 353 g/mol. The normalized spacial score (nSPS) is 11.4. The van der Waals surface area contributed by atoms with Crippen molar-refractivity contribution in [2.24, 2.45) is 0 Å². The molecular weight excluding hydrogens is 336 g/mol. The summed E-state index contributed by atoms with van der Waals surface area (Å²) in [5.74, 6) is -1.02. The first-order chi connectivity index (χ1) is 12.5. The molecule has 3 rings (SSSR count). The molecule has 0 saturated carbocycles. The predicted octanol–water partition coefficient (Wildman–Crippen LogP) is 3.87. The molecule has 0 aliphatic rings. The van der Waals surface area contributed by atoms with E-state index in [1.807, 2.05) is 0 Å². The van der Waals surface area contributed by atoms with Crippen LogP contribution in [0.2, 0.25) is 0 Å². The molecule has 0 aliphatic carbocycles. The first-order valence-corrected chi connectivity index (χ1v) is 8.02. The molecule has 3 aromatic rings. The summed E-state index contributed by atoms with van der Waals surface area (Å²) in [6.07, 6.45) is 6.18. The smallest absolute Gasteiger partial charge is 0.244 e. The van der Waals surface area contributed by atoms with E-state index in [1.165, 1.54) is 30.6 Å². The maximum Gasteiger partial charge on any atom is 0.244 e.